The van der Waals surface area contributed by atoms with E-state index >= 15 is 0 Å². The standard InChI is InChI=1S/C16H11Br2N5O2/c17-10-5-1-3-7-12(10)21-15-14(23(24)25)16(20-9-19-15)22-13-8-4-2-6-11(13)18/h1-9H,(H2,19,20,21,22). The lowest BCUT2D eigenvalue weighted by Gasteiger charge is -2.11. The van der Waals surface area contributed by atoms with Crippen LogP contribution in [-0.2, 0) is 0 Å². The van der Waals surface area contributed by atoms with Crippen molar-refractivity contribution in [2.75, 3.05) is 10.6 Å². The molecule has 0 amide bonds. The van der Waals surface area contributed by atoms with Gasteiger partial charge in [0.1, 0.15) is 6.33 Å². The zero-order valence-corrected chi connectivity index (χ0v) is 15.8. The zero-order chi connectivity index (χ0) is 17.8. The first kappa shape index (κ1) is 17.3. The molecule has 2 aromatic carbocycles. The molecule has 0 fully saturated rings. The van der Waals surface area contributed by atoms with Crippen LogP contribution in [0.15, 0.2) is 63.8 Å². The van der Waals surface area contributed by atoms with Crippen LogP contribution in [0.4, 0.5) is 28.7 Å². The Bertz CT molecular complexity index is 870. The second-order valence-electron chi connectivity index (χ2n) is 4.89. The molecule has 0 atom stereocenters. The van der Waals surface area contributed by atoms with Crippen LogP contribution in [0, 0.1) is 10.1 Å². The monoisotopic (exact) mass is 463 g/mol. The highest BCUT2D eigenvalue weighted by atomic mass is 79.9. The number of hydrogen-bond acceptors (Lipinski definition) is 6. The summed E-state index contributed by atoms with van der Waals surface area (Å²) in [7, 11) is 0. The maximum absolute atomic E-state index is 11.6. The molecule has 9 heteroatoms. The van der Waals surface area contributed by atoms with Crippen LogP contribution in [-0.4, -0.2) is 14.9 Å². The number of rotatable bonds is 5. The van der Waals surface area contributed by atoms with E-state index in [9.17, 15) is 10.1 Å². The van der Waals surface area contributed by atoms with Crippen LogP contribution >= 0.6 is 31.9 Å². The van der Waals surface area contributed by atoms with Crippen LogP contribution in [0.1, 0.15) is 0 Å². The third kappa shape index (κ3) is 3.94. The van der Waals surface area contributed by atoms with Gasteiger partial charge < -0.3 is 10.6 Å². The average Bonchev–Trinajstić information content (AvgIpc) is 2.59. The maximum atomic E-state index is 11.6. The predicted octanol–water partition coefficient (Wildman–Crippen LogP) is 5.40. The van der Waals surface area contributed by atoms with E-state index in [-0.39, 0.29) is 17.3 Å². The van der Waals surface area contributed by atoms with E-state index in [4.69, 9.17) is 0 Å². The van der Waals surface area contributed by atoms with Gasteiger partial charge in [0.05, 0.1) is 16.3 Å². The highest BCUT2D eigenvalue weighted by Crippen LogP contribution is 2.35. The number of nitrogens with zero attached hydrogens (tertiary/aromatic N) is 3. The second kappa shape index (κ2) is 7.58. The minimum atomic E-state index is -0.516. The second-order valence-corrected chi connectivity index (χ2v) is 6.59. The third-order valence-electron chi connectivity index (χ3n) is 3.26. The van der Waals surface area contributed by atoms with Crippen LogP contribution in [0.25, 0.3) is 0 Å². The van der Waals surface area contributed by atoms with Gasteiger partial charge in [-0.15, -0.1) is 0 Å². The van der Waals surface area contributed by atoms with E-state index in [2.05, 4.69) is 52.5 Å². The van der Waals surface area contributed by atoms with Gasteiger partial charge in [-0.05, 0) is 56.1 Å². The summed E-state index contributed by atoms with van der Waals surface area (Å²) in [6, 6.07) is 14.6. The number of aromatic nitrogens is 2. The van der Waals surface area contributed by atoms with Gasteiger partial charge in [-0.2, -0.15) is 0 Å². The molecule has 1 aromatic heterocycles. The SMILES string of the molecule is O=[N+]([O-])c1c(Nc2ccccc2Br)ncnc1Nc1ccccc1Br. The summed E-state index contributed by atoms with van der Waals surface area (Å²) >= 11 is 6.80. The van der Waals surface area contributed by atoms with Crippen molar-refractivity contribution in [1.82, 2.24) is 9.97 Å². The molecule has 3 rings (SSSR count). The predicted molar refractivity (Wildman–Crippen MR) is 104 cm³/mol. The lowest BCUT2D eigenvalue weighted by atomic mass is 10.3. The zero-order valence-electron chi connectivity index (χ0n) is 12.6. The van der Waals surface area contributed by atoms with E-state index in [1.54, 1.807) is 12.1 Å². The van der Waals surface area contributed by atoms with Crippen molar-refractivity contribution in [2.24, 2.45) is 0 Å². The van der Waals surface area contributed by atoms with Crippen molar-refractivity contribution in [3.05, 3.63) is 73.9 Å². The van der Waals surface area contributed by atoms with Gasteiger partial charge in [-0.1, -0.05) is 24.3 Å². The molecule has 0 unspecified atom stereocenters. The molecular formula is C16H11Br2N5O2. The topological polar surface area (TPSA) is 93.0 Å². The maximum Gasteiger partial charge on any atom is 0.353 e. The molecule has 1 heterocycles. The number of para-hydroxylation sites is 2. The molecule has 0 aliphatic heterocycles. The highest BCUT2D eigenvalue weighted by Gasteiger charge is 2.24. The molecular weight excluding hydrogens is 454 g/mol. The smallest absolute Gasteiger partial charge is 0.333 e. The number of hydrogen-bond donors (Lipinski definition) is 2. The van der Waals surface area contributed by atoms with Crippen LogP contribution in [0.5, 0.6) is 0 Å². The van der Waals surface area contributed by atoms with Crippen molar-refractivity contribution in [1.29, 1.82) is 0 Å². The van der Waals surface area contributed by atoms with Crippen molar-refractivity contribution in [3.63, 3.8) is 0 Å². The lowest BCUT2D eigenvalue weighted by molar-refractivity contribution is -0.383. The van der Waals surface area contributed by atoms with E-state index in [1.807, 2.05) is 36.4 Å². The molecule has 2 N–H and O–H groups in total. The number of nitro groups is 1. The molecule has 126 valence electrons. The molecule has 0 saturated carbocycles. The summed E-state index contributed by atoms with van der Waals surface area (Å²) in [5.74, 6) is 0.197. The van der Waals surface area contributed by atoms with Crippen LogP contribution < -0.4 is 10.6 Å². The Kier molecular flexibility index (Phi) is 5.25. The Balaban J connectivity index is 2.02. The Hall–Kier alpha value is -2.52. The largest absolute Gasteiger partial charge is 0.353 e. The van der Waals surface area contributed by atoms with Gasteiger partial charge in [0.25, 0.3) is 0 Å². The van der Waals surface area contributed by atoms with Gasteiger partial charge in [-0.3, -0.25) is 10.1 Å². The fourth-order valence-corrected chi connectivity index (χ4v) is 2.88. The van der Waals surface area contributed by atoms with E-state index in [1.165, 1.54) is 6.33 Å². The average molecular weight is 465 g/mol. The van der Waals surface area contributed by atoms with Crippen molar-refractivity contribution in [3.8, 4) is 0 Å². The van der Waals surface area contributed by atoms with E-state index in [0.29, 0.717) is 11.4 Å². The van der Waals surface area contributed by atoms with Gasteiger partial charge in [0, 0.05) is 8.95 Å². The van der Waals surface area contributed by atoms with E-state index in [0.717, 1.165) is 8.95 Å². The first-order valence-electron chi connectivity index (χ1n) is 7.09. The molecule has 0 aliphatic carbocycles. The first-order chi connectivity index (χ1) is 12.1. The summed E-state index contributed by atoms with van der Waals surface area (Å²) in [5, 5.41) is 17.6. The summed E-state index contributed by atoms with van der Waals surface area (Å²) in [6.07, 6.45) is 1.27. The number of halogens is 2. The summed E-state index contributed by atoms with van der Waals surface area (Å²) in [5.41, 5.74) is 1.08. The molecule has 7 nitrogen and oxygen atoms in total. The van der Waals surface area contributed by atoms with Gasteiger partial charge in [0.15, 0.2) is 0 Å². The molecule has 0 spiro atoms. The van der Waals surface area contributed by atoms with Crippen LogP contribution in [0.3, 0.4) is 0 Å². The van der Waals surface area contributed by atoms with Gasteiger partial charge in [0.2, 0.25) is 11.6 Å². The Labute approximate surface area is 159 Å². The van der Waals surface area contributed by atoms with Crippen molar-refractivity contribution < 1.29 is 4.92 Å². The summed E-state index contributed by atoms with van der Waals surface area (Å²) in [4.78, 5) is 19.1. The minimum absolute atomic E-state index is 0.0986. The van der Waals surface area contributed by atoms with Gasteiger partial charge >= 0.3 is 5.69 Å². The molecule has 0 bridgehead atoms. The molecule has 0 aliphatic rings. The Morgan fingerprint density at radius 1 is 0.840 bits per heavy atom. The fourth-order valence-electron chi connectivity index (χ4n) is 2.11. The summed E-state index contributed by atoms with van der Waals surface area (Å²) < 4.78 is 1.53. The molecule has 3 aromatic rings. The Morgan fingerprint density at radius 2 is 1.28 bits per heavy atom. The fraction of sp³-hybridized carbons (Fsp3) is 0. The van der Waals surface area contributed by atoms with Crippen LogP contribution in [0.2, 0.25) is 0 Å². The lowest BCUT2D eigenvalue weighted by Crippen LogP contribution is -2.06. The number of anilines is 4. The number of benzene rings is 2. The molecule has 0 saturated heterocycles. The summed E-state index contributed by atoms with van der Waals surface area (Å²) in [6.45, 7) is 0. The first-order valence-corrected chi connectivity index (χ1v) is 8.67. The minimum Gasteiger partial charge on any atom is -0.333 e. The van der Waals surface area contributed by atoms with Crippen molar-refractivity contribution in [2.45, 2.75) is 0 Å². The van der Waals surface area contributed by atoms with Crippen molar-refractivity contribution >= 4 is 60.6 Å². The quantitative estimate of drug-likeness (QED) is 0.388. The molecule has 0 radical (unpaired) electrons. The highest BCUT2D eigenvalue weighted by molar-refractivity contribution is 9.11. The Morgan fingerprint density at radius 3 is 1.68 bits per heavy atom. The molecule has 25 heavy (non-hydrogen) atoms. The number of nitrogens with one attached hydrogen (secondary N) is 2. The normalized spacial score (nSPS) is 10.3. The third-order valence-corrected chi connectivity index (χ3v) is 4.64. The van der Waals surface area contributed by atoms with E-state index < -0.39 is 4.92 Å². The van der Waals surface area contributed by atoms with Gasteiger partial charge in [-0.25, -0.2) is 9.97 Å².